The third-order valence-electron chi connectivity index (χ3n) is 4.00. The zero-order valence-electron chi connectivity index (χ0n) is 14.6. The molecule has 0 saturated heterocycles. The minimum absolute atomic E-state index is 0.377. The van der Waals surface area contributed by atoms with E-state index in [9.17, 15) is 4.21 Å². The molecule has 0 fully saturated rings. The summed E-state index contributed by atoms with van der Waals surface area (Å²) < 4.78 is 17.8. The number of hydrogen-bond donors (Lipinski definition) is 0. The summed E-state index contributed by atoms with van der Waals surface area (Å²) in [6.45, 7) is 0.377. The molecule has 0 aliphatic carbocycles. The molecule has 5 nitrogen and oxygen atoms in total. The lowest BCUT2D eigenvalue weighted by Crippen LogP contribution is -2.24. The average molecular weight is 396 g/mol. The van der Waals surface area contributed by atoms with Gasteiger partial charge in [-0.05, 0) is 35.9 Å². The summed E-state index contributed by atoms with van der Waals surface area (Å²) in [5.41, 5.74) is 1.97. The van der Waals surface area contributed by atoms with Crippen LogP contribution in [0, 0.1) is 0 Å². The molecule has 136 valence electrons. The summed E-state index contributed by atoms with van der Waals surface area (Å²) in [4.78, 5) is 12.7. The van der Waals surface area contributed by atoms with Gasteiger partial charge in [0.1, 0.15) is 11.8 Å². The molecule has 2 aromatic carbocycles. The maximum atomic E-state index is 12.4. The number of ether oxygens (including phenoxy) is 1. The van der Waals surface area contributed by atoms with Gasteiger partial charge in [-0.1, -0.05) is 36.0 Å². The fourth-order valence-electron chi connectivity index (χ4n) is 2.76. The number of rotatable bonds is 5. The van der Waals surface area contributed by atoms with Crippen molar-refractivity contribution in [2.24, 2.45) is 0 Å². The molecule has 0 N–H and O–H groups in total. The van der Waals surface area contributed by atoms with E-state index in [0.717, 1.165) is 31.9 Å². The van der Waals surface area contributed by atoms with Crippen LogP contribution < -0.4 is 4.90 Å². The van der Waals surface area contributed by atoms with E-state index in [4.69, 9.17) is 4.74 Å². The van der Waals surface area contributed by atoms with E-state index in [2.05, 4.69) is 16.0 Å². The van der Waals surface area contributed by atoms with Crippen molar-refractivity contribution in [2.45, 2.75) is 14.8 Å². The lowest BCUT2D eigenvalue weighted by molar-refractivity contribution is 0.205. The molecule has 1 aliphatic heterocycles. The maximum Gasteiger partial charge on any atom is 0.168 e. The Bertz CT molecular complexity index is 1010. The topological polar surface area (TPSA) is 55.3 Å². The van der Waals surface area contributed by atoms with E-state index in [0.29, 0.717) is 6.73 Å². The van der Waals surface area contributed by atoms with Gasteiger partial charge in [-0.3, -0.25) is 4.90 Å². The molecule has 7 heteroatoms. The molecule has 0 bridgehead atoms. The molecule has 1 aromatic heterocycles. The highest BCUT2D eigenvalue weighted by atomic mass is 32.2. The summed E-state index contributed by atoms with van der Waals surface area (Å²) >= 11 is 1.59. The van der Waals surface area contributed by atoms with Crippen LogP contribution in [0.1, 0.15) is 5.56 Å². The monoisotopic (exact) mass is 395 g/mol. The van der Waals surface area contributed by atoms with Crippen molar-refractivity contribution in [3.8, 4) is 0 Å². The predicted octanol–water partition coefficient (Wildman–Crippen LogP) is 4.46. The van der Waals surface area contributed by atoms with E-state index >= 15 is 0 Å². The molecule has 0 saturated carbocycles. The molecular weight excluding hydrogens is 378 g/mol. The van der Waals surface area contributed by atoms with Gasteiger partial charge in [0, 0.05) is 34.7 Å². The highest BCUT2D eigenvalue weighted by Gasteiger charge is 2.25. The fraction of sp³-hybridized carbons (Fsp3) is 0.100. The molecule has 2 heterocycles. The number of benzene rings is 2. The summed E-state index contributed by atoms with van der Waals surface area (Å²) in [6.07, 6.45) is 5.25. The van der Waals surface area contributed by atoms with E-state index in [1.807, 2.05) is 53.4 Å². The molecule has 1 atom stereocenters. The third kappa shape index (κ3) is 3.80. The Labute approximate surface area is 164 Å². The summed E-state index contributed by atoms with van der Waals surface area (Å²) in [6, 6.07) is 15.5. The zero-order chi connectivity index (χ0) is 18.6. The first kappa shape index (κ1) is 17.9. The average Bonchev–Trinajstić information content (AvgIpc) is 2.72. The Morgan fingerprint density at radius 1 is 1.15 bits per heavy atom. The lowest BCUT2D eigenvalue weighted by atomic mass is 10.2. The highest BCUT2D eigenvalue weighted by molar-refractivity contribution is 7.99. The molecule has 0 radical (unpaired) electrons. The van der Waals surface area contributed by atoms with Crippen LogP contribution in [0.2, 0.25) is 0 Å². The van der Waals surface area contributed by atoms with Crippen LogP contribution in [0.15, 0.2) is 81.1 Å². The Balaban J connectivity index is 1.64. The minimum atomic E-state index is -1.18. The molecule has 4 rings (SSSR count). The Morgan fingerprint density at radius 2 is 1.96 bits per heavy atom. The van der Waals surface area contributed by atoms with Gasteiger partial charge in [-0.25, -0.2) is 14.2 Å². The first-order valence-electron chi connectivity index (χ1n) is 8.29. The zero-order valence-corrected chi connectivity index (χ0v) is 16.2. The van der Waals surface area contributed by atoms with Crippen molar-refractivity contribution in [1.29, 1.82) is 0 Å². The van der Waals surface area contributed by atoms with Crippen LogP contribution >= 0.6 is 11.8 Å². The third-order valence-corrected chi connectivity index (χ3v) is 6.17. The molecule has 3 aromatic rings. The van der Waals surface area contributed by atoms with Crippen molar-refractivity contribution < 1.29 is 8.95 Å². The standard InChI is InChI=1S/C20H17N3O2S2/c1-25-14-23-17-13-15(9-12-27(24)16-5-3-2-4-6-16)7-8-18(17)26-20-19(23)21-10-11-22-20/h2-13H,14H2,1H3/b12-9+. The van der Waals surface area contributed by atoms with Gasteiger partial charge >= 0.3 is 0 Å². The normalized spacial score (nSPS) is 14.0. The Hall–Kier alpha value is -2.48. The summed E-state index contributed by atoms with van der Waals surface area (Å²) in [5.74, 6) is 0.783. The van der Waals surface area contributed by atoms with Gasteiger partial charge in [0.15, 0.2) is 5.82 Å². The number of hydrogen-bond acceptors (Lipinski definition) is 6. The number of anilines is 2. The quantitative estimate of drug-likeness (QED) is 0.636. The summed E-state index contributed by atoms with van der Waals surface area (Å²) in [5, 5.41) is 2.57. The second-order valence-corrected chi connectivity index (χ2v) is 8.14. The second-order valence-electron chi connectivity index (χ2n) is 5.77. The van der Waals surface area contributed by atoms with Crippen LogP contribution in [0.4, 0.5) is 11.5 Å². The maximum absolute atomic E-state index is 12.4. The number of fused-ring (bicyclic) bond motifs is 2. The smallest absolute Gasteiger partial charge is 0.168 e. The van der Waals surface area contributed by atoms with Crippen molar-refractivity contribution in [3.05, 3.63) is 71.9 Å². The van der Waals surface area contributed by atoms with Gasteiger partial charge in [0.05, 0.1) is 16.5 Å². The second kappa shape index (κ2) is 8.04. The van der Waals surface area contributed by atoms with Gasteiger partial charge in [-0.15, -0.1) is 0 Å². The van der Waals surface area contributed by atoms with Crippen LogP contribution in [-0.2, 0) is 15.5 Å². The molecular formula is C20H17N3O2S2. The molecule has 0 spiro atoms. The Morgan fingerprint density at radius 3 is 2.78 bits per heavy atom. The van der Waals surface area contributed by atoms with Crippen molar-refractivity contribution in [1.82, 2.24) is 9.97 Å². The highest BCUT2D eigenvalue weighted by Crippen LogP contribution is 2.46. The molecule has 0 amide bonds. The van der Waals surface area contributed by atoms with Crippen LogP contribution in [-0.4, -0.2) is 28.0 Å². The van der Waals surface area contributed by atoms with E-state index < -0.39 is 10.8 Å². The first-order chi connectivity index (χ1) is 13.3. The van der Waals surface area contributed by atoms with Crippen molar-refractivity contribution in [3.63, 3.8) is 0 Å². The number of aromatic nitrogens is 2. The molecule has 27 heavy (non-hydrogen) atoms. The number of methoxy groups -OCH3 is 1. The largest absolute Gasteiger partial charge is 0.364 e. The van der Waals surface area contributed by atoms with Gasteiger partial charge < -0.3 is 4.74 Å². The van der Waals surface area contributed by atoms with E-state index in [1.165, 1.54) is 0 Å². The minimum Gasteiger partial charge on any atom is -0.364 e. The van der Waals surface area contributed by atoms with Gasteiger partial charge in [0.25, 0.3) is 0 Å². The summed E-state index contributed by atoms with van der Waals surface area (Å²) in [7, 11) is 0.477. The van der Waals surface area contributed by atoms with E-state index in [1.54, 1.807) is 36.7 Å². The first-order valence-corrected chi connectivity index (χ1v) is 10.3. The van der Waals surface area contributed by atoms with Crippen molar-refractivity contribution >= 4 is 40.1 Å². The van der Waals surface area contributed by atoms with Crippen LogP contribution in [0.25, 0.3) is 6.08 Å². The van der Waals surface area contributed by atoms with Gasteiger partial charge in [-0.2, -0.15) is 0 Å². The van der Waals surface area contributed by atoms with Crippen molar-refractivity contribution in [2.75, 3.05) is 18.7 Å². The molecule has 1 unspecified atom stereocenters. The number of nitrogens with zero attached hydrogens (tertiary/aromatic N) is 3. The van der Waals surface area contributed by atoms with Crippen LogP contribution in [0.3, 0.4) is 0 Å². The van der Waals surface area contributed by atoms with Crippen LogP contribution in [0.5, 0.6) is 0 Å². The predicted molar refractivity (Wildman–Crippen MR) is 108 cm³/mol. The lowest BCUT2D eigenvalue weighted by Gasteiger charge is -2.30. The fourth-order valence-corrected chi connectivity index (χ4v) is 4.61. The SMILES string of the molecule is COCN1c2cc(/C=C/S(=O)c3ccccc3)ccc2Sc2nccnc21. The van der Waals surface area contributed by atoms with E-state index in [-0.39, 0.29) is 0 Å². The van der Waals surface area contributed by atoms with Gasteiger partial charge in [0.2, 0.25) is 0 Å². The Kier molecular flexibility index (Phi) is 5.33. The molecule has 1 aliphatic rings.